The number of aromatic nitrogens is 3. The van der Waals surface area contributed by atoms with Gasteiger partial charge in [0, 0.05) is 6.04 Å². The van der Waals surface area contributed by atoms with Crippen molar-refractivity contribution in [3.8, 4) is 16.4 Å². The second-order valence-corrected chi connectivity index (χ2v) is 8.18. The summed E-state index contributed by atoms with van der Waals surface area (Å²) in [6.07, 6.45) is 1.99. The molecule has 2 N–H and O–H groups in total. The highest BCUT2D eigenvalue weighted by Gasteiger charge is 2.26. The third-order valence-electron chi connectivity index (χ3n) is 4.89. The van der Waals surface area contributed by atoms with Gasteiger partial charge in [0.2, 0.25) is 5.82 Å². The molecule has 4 aromatic rings. The molecule has 2 aromatic heterocycles. The number of thiophene rings is 1. The fourth-order valence-electron chi connectivity index (χ4n) is 3.18. The molecule has 0 saturated heterocycles. The molecule has 154 valence electrons. The van der Waals surface area contributed by atoms with Gasteiger partial charge in [-0.2, -0.15) is 0 Å². The molecule has 0 radical (unpaired) electrons. The van der Waals surface area contributed by atoms with Gasteiger partial charge < -0.3 is 10.6 Å². The number of carbonyl (C=O) groups is 2. The molecule has 0 bridgehead atoms. The van der Waals surface area contributed by atoms with Crippen molar-refractivity contribution in [2.45, 2.75) is 18.9 Å². The van der Waals surface area contributed by atoms with Crippen LogP contribution in [-0.2, 0) is 0 Å². The van der Waals surface area contributed by atoms with Crippen molar-refractivity contribution in [1.82, 2.24) is 20.1 Å². The highest BCUT2D eigenvalue weighted by atomic mass is 32.1. The number of benzene rings is 2. The van der Waals surface area contributed by atoms with Crippen molar-refractivity contribution < 1.29 is 9.59 Å². The van der Waals surface area contributed by atoms with Crippen molar-refractivity contribution in [3.63, 3.8) is 0 Å². The van der Waals surface area contributed by atoms with Gasteiger partial charge >= 0.3 is 0 Å². The summed E-state index contributed by atoms with van der Waals surface area (Å²) in [6.45, 7) is 0. The number of hydrogen-bond acceptors (Lipinski definition) is 5. The van der Waals surface area contributed by atoms with Crippen molar-refractivity contribution >= 4 is 28.8 Å². The van der Waals surface area contributed by atoms with E-state index in [1.54, 1.807) is 28.9 Å². The molecule has 1 fully saturated rings. The molecule has 5 rings (SSSR count). The van der Waals surface area contributed by atoms with Gasteiger partial charge in [-0.3, -0.25) is 9.59 Å². The second-order valence-electron chi connectivity index (χ2n) is 7.23. The summed E-state index contributed by atoms with van der Waals surface area (Å²) >= 11 is 1.52. The summed E-state index contributed by atoms with van der Waals surface area (Å²) in [6, 6.07) is 20.6. The Morgan fingerprint density at radius 1 is 0.935 bits per heavy atom. The first-order valence-corrected chi connectivity index (χ1v) is 10.8. The van der Waals surface area contributed by atoms with Crippen molar-refractivity contribution in [2.24, 2.45) is 0 Å². The normalized spacial score (nSPS) is 13.0. The summed E-state index contributed by atoms with van der Waals surface area (Å²) in [5.41, 5.74) is 1.66. The van der Waals surface area contributed by atoms with Crippen LogP contribution in [0.4, 0.5) is 5.69 Å². The Labute approximate surface area is 182 Å². The monoisotopic (exact) mass is 429 g/mol. The van der Waals surface area contributed by atoms with Gasteiger partial charge in [0.25, 0.3) is 11.8 Å². The van der Waals surface area contributed by atoms with E-state index in [4.69, 9.17) is 0 Å². The Morgan fingerprint density at radius 2 is 1.71 bits per heavy atom. The number of nitrogens with zero attached hydrogens (tertiary/aromatic N) is 3. The first-order valence-electron chi connectivity index (χ1n) is 9.96. The zero-order valence-electron chi connectivity index (χ0n) is 16.5. The smallest absolute Gasteiger partial charge is 0.295 e. The minimum Gasteiger partial charge on any atom is -0.349 e. The Balaban J connectivity index is 1.46. The molecule has 0 spiro atoms. The summed E-state index contributed by atoms with van der Waals surface area (Å²) in [5.74, 6) is -0.0459. The van der Waals surface area contributed by atoms with Crippen LogP contribution in [0.15, 0.2) is 72.1 Å². The van der Waals surface area contributed by atoms with E-state index in [0.717, 1.165) is 23.4 Å². The first kappa shape index (κ1) is 19.2. The van der Waals surface area contributed by atoms with Crippen molar-refractivity contribution in [2.75, 3.05) is 5.32 Å². The summed E-state index contributed by atoms with van der Waals surface area (Å²) in [5, 5.41) is 12.2. The Morgan fingerprint density at radius 3 is 2.45 bits per heavy atom. The number of rotatable bonds is 6. The molecule has 1 aliphatic rings. The molecule has 7 nitrogen and oxygen atoms in total. The molecule has 1 saturated carbocycles. The SMILES string of the molecule is O=C(Nc1ccccc1C(=O)NC1CC1)c1nc(-c2cccs2)n(-c2ccccc2)n1. The molecule has 31 heavy (non-hydrogen) atoms. The van der Waals surface area contributed by atoms with Crippen molar-refractivity contribution in [3.05, 3.63) is 83.5 Å². The predicted octanol–water partition coefficient (Wildman–Crippen LogP) is 4.14. The van der Waals surface area contributed by atoms with Crippen LogP contribution in [0.3, 0.4) is 0 Å². The van der Waals surface area contributed by atoms with Crippen LogP contribution in [0.2, 0.25) is 0 Å². The van der Waals surface area contributed by atoms with E-state index >= 15 is 0 Å². The van der Waals surface area contributed by atoms with Gasteiger partial charge in [0.05, 0.1) is 21.8 Å². The molecular formula is C23H19N5O2S. The number of carbonyl (C=O) groups excluding carboxylic acids is 2. The molecule has 0 aliphatic heterocycles. The van der Waals surface area contributed by atoms with Crippen LogP contribution in [0.5, 0.6) is 0 Å². The lowest BCUT2D eigenvalue weighted by Gasteiger charge is -2.10. The average Bonchev–Trinajstić information content (AvgIpc) is 3.27. The zero-order chi connectivity index (χ0) is 21.2. The number of anilines is 1. The van der Waals surface area contributed by atoms with E-state index in [9.17, 15) is 9.59 Å². The third kappa shape index (κ3) is 4.10. The second kappa shape index (κ2) is 8.16. The van der Waals surface area contributed by atoms with Crippen LogP contribution in [-0.4, -0.2) is 32.6 Å². The number of nitrogens with one attached hydrogen (secondary N) is 2. The minimum atomic E-state index is -0.473. The number of hydrogen-bond donors (Lipinski definition) is 2. The maximum absolute atomic E-state index is 13.0. The van der Waals surface area contributed by atoms with Gasteiger partial charge in [0.1, 0.15) is 0 Å². The van der Waals surface area contributed by atoms with E-state index in [1.165, 1.54) is 11.3 Å². The third-order valence-corrected chi connectivity index (χ3v) is 5.75. The fourth-order valence-corrected chi connectivity index (χ4v) is 3.88. The van der Waals surface area contributed by atoms with Crippen LogP contribution in [0.1, 0.15) is 33.8 Å². The van der Waals surface area contributed by atoms with Gasteiger partial charge in [-0.25, -0.2) is 9.67 Å². The van der Waals surface area contributed by atoms with E-state index in [1.807, 2.05) is 47.8 Å². The summed E-state index contributed by atoms with van der Waals surface area (Å²) in [7, 11) is 0. The van der Waals surface area contributed by atoms with E-state index < -0.39 is 5.91 Å². The van der Waals surface area contributed by atoms with Gasteiger partial charge in [-0.15, -0.1) is 16.4 Å². The van der Waals surface area contributed by atoms with E-state index in [-0.39, 0.29) is 17.8 Å². The standard InChI is InChI=1S/C23H19N5O2S/c29-22(24-15-12-13-15)17-9-4-5-10-18(17)25-23(30)20-26-21(19-11-6-14-31-19)28(27-20)16-7-2-1-3-8-16/h1-11,14-15H,12-13H2,(H,24,29)(H,25,30). The lowest BCUT2D eigenvalue weighted by Crippen LogP contribution is -2.27. The van der Waals surface area contributed by atoms with Crippen LogP contribution in [0.25, 0.3) is 16.4 Å². The maximum atomic E-state index is 13.0. The molecule has 0 unspecified atom stereocenters. The Bertz CT molecular complexity index is 1230. The average molecular weight is 430 g/mol. The maximum Gasteiger partial charge on any atom is 0.295 e. The highest BCUT2D eigenvalue weighted by Crippen LogP contribution is 2.26. The molecular weight excluding hydrogens is 410 g/mol. The van der Waals surface area contributed by atoms with Crippen LogP contribution >= 0.6 is 11.3 Å². The number of amides is 2. The number of para-hydroxylation sites is 2. The predicted molar refractivity (Wildman–Crippen MR) is 120 cm³/mol. The minimum absolute atomic E-state index is 0.0321. The van der Waals surface area contributed by atoms with Crippen LogP contribution in [0, 0.1) is 0 Å². The largest absolute Gasteiger partial charge is 0.349 e. The highest BCUT2D eigenvalue weighted by molar-refractivity contribution is 7.13. The van der Waals surface area contributed by atoms with E-state index in [2.05, 4.69) is 20.7 Å². The summed E-state index contributed by atoms with van der Waals surface area (Å²) < 4.78 is 1.66. The molecule has 2 heterocycles. The summed E-state index contributed by atoms with van der Waals surface area (Å²) in [4.78, 5) is 31.0. The molecule has 8 heteroatoms. The molecule has 2 aromatic carbocycles. The Hall–Kier alpha value is -3.78. The fraction of sp³-hybridized carbons (Fsp3) is 0.130. The molecule has 1 aliphatic carbocycles. The first-order chi connectivity index (χ1) is 15.2. The molecule has 0 atom stereocenters. The Kier molecular flexibility index (Phi) is 5.05. The van der Waals surface area contributed by atoms with Gasteiger partial charge in [-0.1, -0.05) is 36.4 Å². The zero-order valence-corrected chi connectivity index (χ0v) is 17.3. The van der Waals surface area contributed by atoms with E-state index in [0.29, 0.717) is 17.1 Å². The molecule has 2 amide bonds. The quantitative estimate of drug-likeness (QED) is 0.482. The topological polar surface area (TPSA) is 88.9 Å². The van der Waals surface area contributed by atoms with Crippen molar-refractivity contribution in [1.29, 1.82) is 0 Å². The van der Waals surface area contributed by atoms with Crippen LogP contribution < -0.4 is 10.6 Å². The lowest BCUT2D eigenvalue weighted by atomic mass is 10.1. The van der Waals surface area contributed by atoms with Gasteiger partial charge in [0.15, 0.2) is 5.82 Å². The van der Waals surface area contributed by atoms with Gasteiger partial charge in [-0.05, 0) is 48.6 Å². The lowest BCUT2D eigenvalue weighted by molar-refractivity contribution is 0.0952.